The first-order valence-electron chi connectivity index (χ1n) is 9.23. The normalized spacial score (nSPS) is 11.0. The summed E-state index contributed by atoms with van der Waals surface area (Å²) in [6.45, 7) is 9.27. The summed E-state index contributed by atoms with van der Waals surface area (Å²) in [5.74, 6) is 0.0680. The third kappa shape index (κ3) is 4.80. The number of methoxy groups -OCH3 is 2. The van der Waals surface area contributed by atoms with Crippen molar-refractivity contribution in [2.75, 3.05) is 47.4 Å². The van der Waals surface area contributed by atoms with Crippen LogP contribution in [0.2, 0.25) is 0 Å². The van der Waals surface area contributed by atoms with Crippen LogP contribution in [0.25, 0.3) is 10.6 Å². The van der Waals surface area contributed by atoms with E-state index in [-0.39, 0.29) is 11.5 Å². The molecule has 6 nitrogen and oxygen atoms in total. The number of thiazole rings is 1. The summed E-state index contributed by atoms with van der Waals surface area (Å²) in [4.78, 5) is 21.8. The fourth-order valence-corrected chi connectivity index (χ4v) is 3.96. The SMILES string of the molecule is CCN(CC)CCN(C)C(=O)c1sc(-c2c(F)cc(OC)cc2OC)nc1C. The molecule has 2 rings (SSSR count). The summed E-state index contributed by atoms with van der Waals surface area (Å²) in [5, 5.41) is 0.412. The molecule has 8 heteroatoms. The Hall–Kier alpha value is -2.19. The van der Waals surface area contributed by atoms with Gasteiger partial charge in [0.15, 0.2) is 0 Å². The Balaban J connectivity index is 2.29. The molecule has 0 aliphatic carbocycles. The van der Waals surface area contributed by atoms with Gasteiger partial charge in [-0.3, -0.25) is 4.79 Å². The standard InChI is InChI=1S/C20H28FN3O3S/c1-7-24(8-2)10-9-23(4)20(25)18-13(3)22-19(28-18)17-15(21)11-14(26-5)12-16(17)27-6/h11-12H,7-10H2,1-6H3. The highest BCUT2D eigenvalue weighted by Crippen LogP contribution is 2.39. The fraction of sp³-hybridized carbons (Fsp3) is 0.500. The molecule has 28 heavy (non-hydrogen) atoms. The van der Waals surface area contributed by atoms with E-state index in [1.807, 2.05) is 0 Å². The van der Waals surface area contributed by atoms with Crippen LogP contribution in [-0.4, -0.2) is 68.1 Å². The molecule has 0 bridgehead atoms. The molecular weight excluding hydrogens is 381 g/mol. The molecule has 154 valence electrons. The highest BCUT2D eigenvalue weighted by atomic mass is 32.1. The number of carbonyl (C=O) groups is 1. The van der Waals surface area contributed by atoms with Gasteiger partial charge in [0, 0.05) is 32.3 Å². The van der Waals surface area contributed by atoms with Gasteiger partial charge >= 0.3 is 0 Å². The molecular formula is C20H28FN3O3S. The van der Waals surface area contributed by atoms with Crippen molar-refractivity contribution in [2.45, 2.75) is 20.8 Å². The summed E-state index contributed by atoms with van der Waals surface area (Å²) in [6, 6.07) is 2.89. The molecule has 0 aliphatic rings. The molecule has 1 aromatic carbocycles. The molecule has 1 amide bonds. The highest BCUT2D eigenvalue weighted by molar-refractivity contribution is 7.17. The van der Waals surface area contributed by atoms with Crippen molar-refractivity contribution in [3.8, 4) is 22.1 Å². The Kier molecular flexibility index (Phi) is 7.77. The minimum atomic E-state index is -0.501. The van der Waals surface area contributed by atoms with Gasteiger partial charge in [0.1, 0.15) is 27.2 Å². The lowest BCUT2D eigenvalue weighted by Crippen LogP contribution is -2.36. The van der Waals surface area contributed by atoms with Crippen molar-refractivity contribution in [3.05, 3.63) is 28.5 Å². The van der Waals surface area contributed by atoms with E-state index in [1.165, 1.54) is 31.6 Å². The molecule has 0 spiro atoms. The third-order valence-corrected chi connectivity index (χ3v) is 5.84. The van der Waals surface area contributed by atoms with Gasteiger partial charge in [-0.25, -0.2) is 9.37 Å². The second-order valence-corrected chi connectivity index (χ2v) is 7.37. The topological polar surface area (TPSA) is 54.9 Å². The number of aryl methyl sites for hydroxylation is 1. The molecule has 0 unspecified atom stereocenters. The van der Waals surface area contributed by atoms with E-state index in [1.54, 1.807) is 24.9 Å². The van der Waals surface area contributed by atoms with E-state index < -0.39 is 5.82 Å². The molecule has 0 saturated heterocycles. The van der Waals surface area contributed by atoms with Gasteiger partial charge in [-0.1, -0.05) is 13.8 Å². The largest absolute Gasteiger partial charge is 0.497 e. The van der Waals surface area contributed by atoms with Gasteiger partial charge in [0.25, 0.3) is 5.91 Å². The van der Waals surface area contributed by atoms with Crippen molar-refractivity contribution in [1.29, 1.82) is 0 Å². The molecule has 0 aliphatic heterocycles. The van der Waals surface area contributed by atoms with Crippen LogP contribution in [0.15, 0.2) is 12.1 Å². The van der Waals surface area contributed by atoms with Gasteiger partial charge in [-0.05, 0) is 20.0 Å². The number of benzene rings is 1. The molecule has 0 radical (unpaired) electrons. The zero-order valence-electron chi connectivity index (χ0n) is 17.3. The number of rotatable bonds is 9. The Labute approximate surface area is 169 Å². The maximum Gasteiger partial charge on any atom is 0.265 e. The number of hydrogen-bond donors (Lipinski definition) is 0. The number of hydrogen-bond acceptors (Lipinski definition) is 6. The zero-order chi connectivity index (χ0) is 20.8. The predicted molar refractivity (Wildman–Crippen MR) is 110 cm³/mol. The molecule has 1 aromatic heterocycles. The van der Waals surface area contributed by atoms with Crippen LogP contribution in [0.3, 0.4) is 0 Å². The monoisotopic (exact) mass is 409 g/mol. The van der Waals surface area contributed by atoms with Gasteiger partial charge in [0.05, 0.1) is 25.5 Å². The van der Waals surface area contributed by atoms with Crippen molar-refractivity contribution < 1.29 is 18.7 Å². The van der Waals surface area contributed by atoms with Crippen LogP contribution in [0.1, 0.15) is 29.2 Å². The molecule has 2 aromatic rings. The van der Waals surface area contributed by atoms with E-state index in [9.17, 15) is 9.18 Å². The summed E-state index contributed by atoms with van der Waals surface area (Å²) in [7, 11) is 4.71. The smallest absolute Gasteiger partial charge is 0.265 e. The van der Waals surface area contributed by atoms with Crippen LogP contribution in [-0.2, 0) is 0 Å². The molecule has 0 saturated carbocycles. The second-order valence-electron chi connectivity index (χ2n) is 6.37. The number of aromatic nitrogens is 1. The molecule has 0 fully saturated rings. The Morgan fingerprint density at radius 1 is 1.18 bits per heavy atom. The van der Waals surface area contributed by atoms with Crippen LogP contribution >= 0.6 is 11.3 Å². The summed E-state index contributed by atoms with van der Waals surface area (Å²) >= 11 is 1.18. The van der Waals surface area contributed by atoms with E-state index in [2.05, 4.69) is 23.7 Å². The van der Waals surface area contributed by atoms with Crippen molar-refractivity contribution in [2.24, 2.45) is 0 Å². The highest BCUT2D eigenvalue weighted by Gasteiger charge is 2.23. The van der Waals surface area contributed by atoms with Gasteiger partial charge in [-0.2, -0.15) is 0 Å². The lowest BCUT2D eigenvalue weighted by atomic mass is 10.2. The first-order chi connectivity index (χ1) is 13.4. The minimum absolute atomic E-state index is 0.110. The first-order valence-corrected chi connectivity index (χ1v) is 10.0. The van der Waals surface area contributed by atoms with Crippen LogP contribution in [0.4, 0.5) is 4.39 Å². The summed E-state index contributed by atoms with van der Waals surface area (Å²) in [6.07, 6.45) is 0. The molecule has 0 N–H and O–H groups in total. The van der Waals surface area contributed by atoms with Crippen molar-refractivity contribution in [3.63, 3.8) is 0 Å². The number of ether oxygens (including phenoxy) is 2. The number of carbonyl (C=O) groups excluding carboxylic acids is 1. The molecule has 1 heterocycles. The maximum atomic E-state index is 14.7. The number of nitrogens with zero attached hydrogens (tertiary/aromatic N) is 3. The second kappa shape index (κ2) is 9.84. The van der Waals surface area contributed by atoms with E-state index in [4.69, 9.17) is 9.47 Å². The van der Waals surface area contributed by atoms with Gasteiger partial charge in [0.2, 0.25) is 0 Å². The van der Waals surface area contributed by atoms with Crippen LogP contribution in [0.5, 0.6) is 11.5 Å². The average Bonchev–Trinajstić information content (AvgIpc) is 3.07. The summed E-state index contributed by atoms with van der Waals surface area (Å²) in [5.41, 5.74) is 0.818. The summed E-state index contributed by atoms with van der Waals surface area (Å²) < 4.78 is 25.1. The predicted octanol–water partition coefficient (Wildman–Crippen LogP) is 3.69. The zero-order valence-corrected chi connectivity index (χ0v) is 18.2. The first kappa shape index (κ1) is 22.1. The Bertz CT molecular complexity index is 821. The lowest BCUT2D eigenvalue weighted by Gasteiger charge is -2.22. The number of amides is 1. The van der Waals surface area contributed by atoms with Crippen LogP contribution < -0.4 is 9.47 Å². The average molecular weight is 410 g/mol. The number of likely N-dealkylation sites (N-methyl/N-ethyl adjacent to an activating group) is 2. The minimum Gasteiger partial charge on any atom is -0.497 e. The van der Waals surface area contributed by atoms with E-state index in [0.29, 0.717) is 33.6 Å². The van der Waals surface area contributed by atoms with Gasteiger partial charge in [-0.15, -0.1) is 11.3 Å². The van der Waals surface area contributed by atoms with Gasteiger partial charge < -0.3 is 19.3 Å². The molecule has 0 atom stereocenters. The third-order valence-electron chi connectivity index (χ3n) is 4.68. The van der Waals surface area contributed by atoms with Crippen molar-refractivity contribution in [1.82, 2.24) is 14.8 Å². The van der Waals surface area contributed by atoms with Crippen molar-refractivity contribution >= 4 is 17.2 Å². The number of halogens is 1. The van der Waals surface area contributed by atoms with E-state index in [0.717, 1.165) is 19.6 Å². The quantitative estimate of drug-likeness (QED) is 0.632. The Morgan fingerprint density at radius 3 is 2.43 bits per heavy atom. The maximum absolute atomic E-state index is 14.7. The Morgan fingerprint density at radius 2 is 1.86 bits per heavy atom. The van der Waals surface area contributed by atoms with E-state index >= 15 is 0 Å². The van der Waals surface area contributed by atoms with Crippen LogP contribution in [0, 0.1) is 12.7 Å². The fourth-order valence-electron chi connectivity index (χ4n) is 2.85. The lowest BCUT2D eigenvalue weighted by molar-refractivity contribution is 0.0783.